The molecule has 0 amide bonds. The Balaban J connectivity index is 1.66. The minimum atomic E-state index is 1.00. The van der Waals surface area contributed by atoms with Gasteiger partial charge in [-0.05, 0) is 46.7 Å². The van der Waals surface area contributed by atoms with Crippen LogP contribution in [-0.2, 0) is 6.42 Å². The number of methoxy groups -OCH3 is 1. The van der Waals surface area contributed by atoms with Crippen LogP contribution in [0.15, 0.2) is 72.8 Å². The third kappa shape index (κ3) is 2.74. The highest BCUT2D eigenvalue weighted by atomic mass is 16.5. The highest BCUT2D eigenvalue weighted by Gasteiger charge is 2.15. The molecule has 3 aromatic carbocycles. The molecule has 0 saturated heterocycles. The van der Waals surface area contributed by atoms with Crippen molar-refractivity contribution in [2.24, 2.45) is 0 Å². The van der Waals surface area contributed by atoms with Crippen molar-refractivity contribution in [2.75, 3.05) is 7.11 Å². The second-order valence-corrected chi connectivity index (χ2v) is 6.14. The van der Waals surface area contributed by atoms with Gasteiger partial charge in [0, 0.05) is 5.56 Å². The fourth-order valence-electron chi connectivity index (χ4n) is 3.43. The van der Waals surface area contributed by atoms with Crippen molar-refractivity contribution in [1.82, 2.24) is 0 Å². The zero-order valence-corrected chi connectivity index (χ0v) is 13.8. The van der Waals surface area contributed by atoms with E-state index >= 15 is 0 Å². The van der Waals surface area contributed by atoms with E-state index in [2.05, 4.69) is 72.8 Å². The molecule has 24 heavy (non-hydrogen) atoms. The van der Waals surface area contributed by atoms with E-state index in [1.807, 2.05) is 6.07 Å². The van der Waals surface area contributed by atoms with Gasteiger partial charge >= 0.3 is 0 Å². The van der Waals surface area contributed by atoms with Gasteiger partial charge in [0.1, 0.15) is 5.75 Å². The van der Waals surface area contributed by atoms with Crippen LogP contribution in [0, 0.1) is 0 Å². The van der Waals surface area contributed by atoms with Crippen molar-refractivity contribution in [1.29, 1.82) is 0 Å². The summed E-state index contributed by atoms with van der Waals surface area (Å²) < 4.78 is 5.49. The highest BCUT2D eigenvalue weighted by molar-refractivity contribution is 5.85. The van der Waals surface area contributed by atoms with Gasteiger partial charge in [-0.15, -0.1) is 0 Å². The quantitative estimate of drug-likeness (QED) is 0.589. The lowest BCUT2D eigenvalue weighted by Gasteiger charge is -2.19. The Morgan fingerprint density at radius 2 is 1.38 bits per heavy atom. The Kier molecular flexibility index (Phi) is 3.92. The fourth-order valence-corrected chi connectivity index (χ4v) is 3.43. The van der Waals surface area contributed by atoms with Crippen molar-refractivity contribution in [3.8, 4) is 16.9 Å². The smallest absolute Gasteiger partial charge is 0.122 e. The summed E-state index contributed by atoms with van der Waals surface area (Å²) in [6.07, 6.45) is 4.39. The van der Waals surface area contributed by atoms with Crippen LogP contribution in [0.25, 0.3) is 22.8 Å². The number of fused-ring (bicyclic) bond motifs is 1. The first-order valence-corrected chi connectivity index (χ1v) is 8.37. The summed E-state index contributed by atoms with van der Waals surface area (Å²) >= 11 is 0. The molecule has 0 aromatic heterocycles. The van der Waals surface area contributed by atoms with Crippen LogP contribution in [-0.4, -0.2) is 7.11 Å². The van der Waals surface area contributed by atoms with Crippen LogP contribution < -0.4 is 4.74 Å². The number of allylic oxidation sites excluding steroid dienone is 1. The summed E-state index contributed by atoms with van der Waals surface area (Å²) in [5.41, 5.74) is 7.83. The number of rotatable bonds is 3. The monoisotopic (exact) mass is 312 g/mol. The van der Waals surface area contributed by atoms with Crippen LogP contribution in [0.1, 0.15) is 23.1 Å². The maximum absolute atomic E-state index is 5.49. The van der Waals surface area contributed by atoms with Crippen LogP contribution in [0.3, 0.4) is 0 Å². The Hall–Kier alpha value is -2.80. The predicted octanol–water partition coefficient (Wildman–Crippen LogP) is 5.85. The molecule has 0 atom stereocenters. The highest BCUT2D eigenvalue weighted by Crippen LogP contribution is 2.35. The molecule has 0 saturated carbocycles. The van der Waals surface area contributed by atoms with E-state index in [0.717, 1.165) is 18.6 Å². The zero-order valence-electron chi connectivity index (χ0n) is 13.8. The Morgan fingerprint density at radius 3 is 2.12 bits per heavy atom. The summed E-state index contributed by atoms with van der Waals surface area (Å²) in [6.45, 7) is 0. The molecule has 0 N–H and O–H groups in total. The molecule has 0 radical (unpaired) electrons. The van der Waals surface area contributed by atoms with Crippen molar-refractivity contribution in [3.05, 3.63) is 89.5 Å². The van der Waals surface area contributed by atoms with E-state index in [1.54, 1.807) is 7.11 Å². The van der Waals surface area contributed by atoms with E-state index in [1.165, 1.54) is 33.4 Å². The van der Waals surface area contributed by atoms with Gasteiger partial charge in [-0.2, -0.15) is 0 Å². The Bertz CT molecular complexity index is 874. The molecule has 0 heterocycles. The molecular weight excluding hydrogens is 292 g/mol. The Morgan fingerprint density at radius 1 is 0.667 bits per heavy atom. The second kappa shape index (κ2) is 6.37. The van der Waals surface area contributed by atoms with Crippen molar-refractivity contribution >= 4 is 11.6 Å². The van der Waals surface area contributed by atoms with Gasteiger partial charge in [0.2, 0.25) is 0 Å². The first kappa shape index (κ1) is 14.8. The molecule has 3 aromatic rings. The summed E-state index contributed by atoms with van der Waals surface area (Å²) in [5.74, 6) is 1.00. The summed E-state index contributed by atoms with van der Waals surface area (Å²) in [7, 11) is 1.75. The van der Waals surface area contributed by atoms with Gasteiger partial charge in [-0.25, -0.2) is 0 Å². The van der Waals surface area contributed by atoms with E-state index in [4.69, 9.17) is 4.74 Å². The average Bonchev–Trinajstić information content (AvgIpc) is 2.68. The maximum atomic E-state index is 5.49. The number of benzene rings is 3. The summed E-state index contributed by atoms with van der Waals surface area (Å²) in [5, 5.41) is 0. The molecule has 0 bridgehead atoms. The van der Waals surface area contributed by atoms with E-state index in [-0.39, 0.29) is 0 Å². The SMILES string of the molecule is COc1cccc2c1CCC(c1ccc(-c3ccccc3)cc1)=C2. The van der Waals surface area contributed by atoms with Crippen LogP contribution in [0.4, 0.5) is 0 Å². The second-order valence-electron chi connectivity index (χ2n) is 6.14. The standard InChI is InChI=1S/C23H20O/c1-24-23-9-5-8-21-16-20(14-15-22(21)23)19-12-10-18(11-13-19)17-6-3-2-4-7-17/h2-13,16H,14-15H2,1H3. The van der Waals surface area contributed by atoms with Crippen LogP contribution in [0.5, 0.6) is 5.75 Å². The predicted molar refractivity (Wildman–Crippen MR) is 101 cm³/mol. The fraction of sp³-hybridized carbons (Fsp3) is 0.130. The van der Waals surface area contributed by atoms with Gasteiger partial charge in [0.15, 0.2) is 0 Å². The third-order valence-corrected chi connectivity index (χ3v) is 4.73. The third-order valence-electron chi connectivity index (χ3n) is 4.73. The lowest BCUT2D eigenvalue weighted by Crippen LogP contribution is -2.01. The van der Waals surface area contributed by atoms with Gasteiger partial charge in [-0.1, -0.05) is 72.8 Å². The topological polar surface area (TPSA) is 9.23 Å². The first-order chi connectivity index (χ1) is 11.8. The van der Waals surface area contributed by atoms with Crippen molar-refractivity contribution < 1.29 is 4.74 Å². The summed E-state index contributed by atoms with van der Waals surface area (Å²) in [6, 6.07) is 25.7. The van der Waals surface area contributed by atoms with Gasteiger partial charge in [0.25, 0.3) is 0 Å². The van der Waals surface area contributed by atoms with Crippen molar-refractivity contribution in [3.63, 3.8) is 0 Å². The lowest BCUT2D eigenvalue weighted by atomic mass is 9.88. The zero-order chi connectivity index (χ0) is 16.4. The largest absolute Gasteiger partial charge is 0.496 e. The molecule has 0 unspecified atom stereocenters. The lowest BCUT2D eigenvalue weighted by molar-refractivity contribution is 0.409. The molecule has 0 fully saturated rings. The molecule has 1 aliphatic rings. The van der Waals surface area contributed by atoms with E-state index < -0.39 is 0 Å². The molecular formula is C23H20O. The average molecular weight is 312 g/mol. The molecule has 1 heteroatoms. The van der Waals surface area contributed by atoms with Crippen LogP contribution >= 0.6 is 0 Å². The van der Waals surface area contributed by atoms with E-state index in [0.29, 0.717) is 0 Å². The maximum Gasteiger partial charge on any atom is 0.122 e. The molecule has 1 nitrogen and oxygen atoms in total. The molecule has 0 spiro atoms. The van der Waals surface area contributed by atoms with Gasteiger partial charge in [-0.3, -0.25) is 0 Å². The van der Waals surface area contributed by atoms with Gasteiger partial charge < -0.3 is 4.74 Å². The Labute approximate surface area is 143 Å². The molecule has 1 aliphatic carbocycles. The number of ether oxygens (including phenoxy) is 1. The first-order valence-electron chi connectivity index (χ1n) is 8.37. The van der Waals surface area contributed by atoms with Gasteiger partial charge in [0.05, 0.1) is 7.11 Å². The minimum absolute atomic E-state index is 1.00. The van der Waals surface area contributed by atoms with E-state index in [9.17, 15) is 0 Å². The molecule has 118 valence electrons. The molecule has 0 aliphatic heterocycles. The van der Waals surface area contributed by atoms with Crippen LogP contribution in [0.2, 0.25) is 0 Å². The molecule has 4 rings (SSSR count). The number of hydrogen-bond donors (Lipinski definition) is 0. The minimum Gasteiger partial charge on any atom is -0.496 e. The summed E-state index contributed by atoms with van der Waals surface area (Å²) in [4.78, 5) is 0. The normalized spacial score (nSPS) is 13.1. The van der Waals surface area contributed by atoms with Crippen molar-refractivity contribution in [2.45, 2.75) is 12.8 Å². The number of hydrogen-bond acceptors (Lipinski definition) is 1.